The molecular formula is C20H21N5O2. The first kappa shape index (κ1) is 17.2. The summed E-state index contributed by atoms with van der Waals surface area (Å²) in [5.41, 5.74) is 3.93. The Bertz CT molecular complexity index is 982. The smallest absolute Gasteiger partial charge is 0.225 e. The van der Waals surface area contributed by atoms with Crippen LogP contribution in [-0.4, -0.2) is 38.2 Å². The highest BCUT2D eigenvalue weighted by Gasteiger charge is 2.34. The van der Waals surface area contributed by atoms with Crippen LogP contribution < -0.4 is 5.32 Å². The molecule has 1 atom stereocenters. The van der Waals surface area contributed by atoms with Gasteiger partial charge >= 0.3 is 0 Å². The highest BCUT2D eigenvalue weighted by Crippen LogP contribution is 2.20. The summed E-state index contributed by atoms with van der Waals surface area (Å²) in [6, 6.07) is 9.71. The number of H-pyrrole nitrogens is 1. The van der Waals surface area contributed by atoms with Gasteiger partial charge in [0.25, 0.3) is 0 Å². The molecule has 1 saturated heterocycles. The molecule has 0 radical (unpaired) electrons. The molecule has 2 amide bonds. The van der Waals surface area contributed by atoms with Crippen LogP contribution in [0.15, 0.2) is 42.7 Å². The maximum Gasteiger partial charge on any atom is 0.225 e. The minimum Gasteiger partial charge on any atom is -0.349 e. The standard InChI is InChI=1S/C20H21N5O2/c1-13-4-2-6-16-19(13)24-17(23-16)10-22-20(27)15-8-18(26)25(12-15)11-14-5-3-7-21-9-14/h2-7,9,15H,8,10-12H2,1H3,(H,22,27)(H,23,24)/t15-/m1/s1. The summed E-state index contributed by atoms with van der Waals surface area (Å²) in [4.78, 5) is 38.3. The van der Waals surface area contributed by atoms with Crippen LogP contribution in [0.4, 0.5) is 0 Å². The van der Waals surface area contributed by atoms with Gasteiger partial charge in [0, 0.05) is 31.9 Å². The third-order valence-corrected chi connectivity index (χ3v) is 4.88. The van der Waals surface area contributed by atoms with Crippen molar-refractivity contribution in [3.8, 4) is 0 Å². The Labute approximate surface area is 156 Å². The van der Waals surface area contributed by atoms with Crippen LogP contribution in [0.1, 0.15) is 23.4 Å². The van der Waals surface area contributed by atoms with Gasteiger partial charge in [-0.15, -0.1) is 0 Å². The van der Waals surface area contributed by atoms with E-state index in [4.69, 9.17) is 0 Å². The molecule has 0 aliphatic carbocycles. The number of rotatable bonds is 5. The first-order chi connectivity index (χ1) is 13.1. The molecule has 1 aromatic carbocycles. The molecule has 138 valence electrons. The van der Waals surface area contributed by atoms with E-state index in [0.29, 0.717) is 25.5 Å². The van der Waals surface area contributed by atoms with Gasteiger partial charge in [0.15, 0.2) is 0 Å². The van der Waals surface area contributed by atoms with Crippen molar-refractivity contribution in [2.75, 3.05) is 6.54 Å². The van der Waals surface area contributed by atoms with Gasteiger partial charge in [-0.1, -0.05) is 18.2 Å². The van der Waals surface area contributed by atoms with Gasteiger partial charge in [-0.25, -0.2) is 4.98 Å². The number of nitrogens with one attached hydrogen (secondary N) is 2. The third-order valence-electron chi connectivity index (χ3n) is 4.88. The number of hydrogen-bond acceptors (Lipinski definition) is 4. The average molecular weight is 363 g/mol. The number of para-hydroxylation sites is 1. The fourth-order valence-electron chi connectivity index (χ4n) is 3.44. The number of fused-ring (bicyclic) bond motifs is 1. The molecule has 0 bridgehead atoms. The summed E-state index contributed by atoms with van der Waals surface area (Å²) < 4.78 is 0. The van der Waals surface area contributed by atoms with Gasteiger partial charge in [-0.05, 0) is 30.2 Å². The maximum atomic E-state index is 12.5. The molecule has 1 fully saturated rings. The predicted molar refractivity (Wildman–Crippen MR) is 100 cm³/mol. The number of aromatic amines is 1. The van der Waals surface area contributed by atoms with Crippen molar-refractivity contribution >= 4 is 22.8 Å². The number of amides is 2. The SMILES string of the molecule is Cc1cccc2[nH]c(CNC(=O)[C@@H]3CC(=O)N(Cc4cccnc4)C3)nc12. The van der Waals surface area contributed by atoms with E-state index in [-0.39, 0.29) is 24.2 Å². The number of nitrogens with zero attached hydrogens (tertiary/aromatic N) is 3. The number of benzene rings is 1. The normalized spacial score (nSPS) is 16.9. The van der Waals surface area contributed by atoms with E-state index < -0.39 is 0 Å². The average Bonchev–Trinajstić information content (AvgIpc) is 3.25. The lowest BCUT2D eigenvalue weighted by atomic mass is 10.1. The van der Waals surface area contributed by atoms with Crippen molar-refractivity contribution in [1.29, 1.82) is 0 Å². The van der Waals surface area contributed by atoms with Crippen molar-refractivity contribution < 1.29 is 9.59 Å². The maximum absolute atomic E-state index is 12.5. The molecule has 2 aromatic heterocycles. The Hall–Kier alpha value is -3.22. The summed E-state index contributed by atoms with van der Waals surface area (Å²) in [6.07, 6.45) is 3.68. The van der Waals surface area contributed by atoms with Gasteiger partial charge in [-0.2, -0.15) is 0 Å². The van der Waals surface area contributed by atoms with Crippen LogP contribution in [0.2, 0.25) is 0 Å². The second kappa shape index (κ2) is 7.19. The molecule has 3 aromatic rings. The Morgan fingerprint density at radius 3 is 3.00 bits per heavy atom. The lowest BCUT2D eigenvalue weighted by molar-refractivity contribution is -0.129. The zero-order valence-electron chi connectivity index (χ0n) is 15.1. The van der Waals surface area contributed by atoms with E-state index in [1.54, 1.807) is 17.3 Å². The Kier molecular flexibility index (Phi) is 4.58. The van der Waals surface area contributed by atoms with Crippen LogP contribution in [0.3, 0.4) is 0 Å². The lowest BCUT2D eigenvalue weighted by Crippen LogP contribution is -2.32. The van der Waals surface area contributed by atoms with E-state index in [1.807, 2.05) is 37.3 Å². The first-order valence-electron chi connectivity index (χ1n) is 8.99. The van der Waals surface area contributed by atoms with Gasteiger partial charge < -0.3 is 15.2 Å². The van der Waals surface area contributed by atoms with Crippen LogP contribution in [0.25, 0.3) is 11.0 Å². The molecule has 0 unspecified atom stereocenters. The highest BCUT2D eigenvalue weighted by molar-refractivity contribution is 5.89. The topological polar surface area (TPSA) is 91.0 Å². The fraction of sp³-hybridized carbons (Fsp3) is 0.300. The minimum absolute atomic E-state index is 0.00151. The molecule has 7 nitrogen and oxygen atoms in total. The fourth-order valence-corrected chi connectivity index (χ4v) is 3.44. The van der Waals surface area contributed by atoms with Gasteiger partial charge in [0.2, 0.25) is 11.8 Å². The number of aromatic nitrogens is 3. The molecular weight excluding hydrogens is 342 g/mol. The van der Waals surface area contributed by atoms with Gasteiger partial charge in [-0.3, -0.25) is 14.6 Å². The highest BCUT2D eigenvalue weighted by atomic mass is 16.2. The Morgan fingerprint density at radius 1 is 1.33 bits per heavy atom. The summed E-state index contributed by atoms with van der Waals surface area (Å²) in [7, 11) is 0. The van der Waals surface area contributed by atoms with Crippen LogP contribution >= 0.6 is 0 Å². The monoisotopic (exact) mass is 363 g/mol. The first-order valence-corrected chi connectivity index (χ1v) is 8.99. The lowest BCUT2D eigenvalue weighted by Gasteiger charge is -2.16. The summed E-state index contributed by atoms with van der Waals surface area (Å²) in [5.74, 6) is 0.261. The molecule has 0 saturated carbocycles. The van der Waals surface area contributed by atoms with Crippen molar-refractivity contribution in [2.45, 2.75) is 26.4 Å². The summed E-state index contributed by atoms with van der Waals surface area (Å²) in [5, 5.41) is 2.90. The number of carbonyl (C=O) groups excluding carboxylic acids is 2. The van der Waals surface area contributed by atoms with Crippen molar-refractivity contribution in [3.05, 3.63) is 59.7 Å². The van der Waals surface area contributed by atoms with E-state index in [2.05, 4.69) is 20.3 Å². The third kappa shape index (κ3) is 3.67. The second-order valence-corrected chi connectivity index (χ2v) is 6.91. The number of hydrogen-bond donors (Lipinski definition) is 2. The summed E-state index contributed by atoms with van der Waals surface area (Å²) in [6.45, 7) is 3.24. The van der Waals surface area contributed by atoms with E-state index in [0.717, 1.165) is 22.2 Å². The summed E-state index contributed by atoms with van der Waals surface area (Å²) >= 11 is 0. The van der Waals surface area contributed by atoms with Crippen LogP contribution in [0, 0.1) is 12.8 Å². The number of carbonyl (C=O) groups is 2. The zero-order chi connectivity index (χ0) is 18.8. The molecule has 3 heterocycles. The van der Waals surface area contributed by atoms with E-state index >= 15 is 0 Å². The largest absolute Gasteiger partial charge is 0.349 e. The Balaban J connectivity index is 1.35. The Morgan fingerprint density at radius 2 is 2.22 bits per heavy atom. The van der Waals surface area contributed by atoms with Crippen LogP contribution in [-0.2, 0) is 22.7 Å². The zero-order valence-corrected chi connectivity index (χ0v) is 15.1. The molecule has 27 heavy (non-hydrogen) atoms. The molecule has 0 spiro atoms. The van der Waals surface area contributed by atoms with E-state index in [1.165, 1.54) is 0 Å². The number of imidazole rings is 1. The second-order valence-electron chi connectivity index (χ2n) is 6.91. The molecule has 1 aliphatic heterocycles. The predicted octanol–water partition coefficient (Wildman–Crippen LogP) is 1.93. The molecule has 1 aliphatic rings. The molecule has 7 heteroatoms. The quantitative estimate of drug-likeness (QED) is 0.725. The minimum atomic E-state index is -0.333. The number of aryl methyl sites for hydroxylation is 1. The van der Waals surface area contributed by atoms with Gasteiger partial charge in [0.05, 0.1) is 23.5 Å². The van der Waals surface area contributed by atoms with E-state index in [9.17, 15) is 9.59 Å². The van der Waals surface area contributed by atoms with Crippen molar-refractivity contribution in [1.82, 2.24) is 25.2 Å². The number of likely N-dealkylation sites (tertiary alicyclic amines) is 1. The van der Waals surface area contributed by atoms with Crippen molar-refractivity contribution in [2.24, 2.45) is 5.92 Å². The van der Waals surface area contributed by atoms with Crippen molar-refractivity contribution in [3.63, 3.8) is 0 Å². The molecule has 2 N–H and O–H groups in total. The van der Waals surface area contributed by atoms with Crippen LogP contribution in [0.5, 0.6) is 0 Å². The molecule has 4 rings (SSSR count). The number of pyridine rings is 1. The van der Waals surface area contributed by atoms with Gasteiger partial charge in [0.1, 0.15) is 5.82 Å².